The molecule has 2 aliphatic heterocycles. The fraction of sp³-hybridized carbons (Fsp3) is 0.676. The molecule has 1 saturated heterocycles. The maximum Gasteiger partial charge on any atom is 0.530 e. The number of nitrogens with one attached hydrogen (secondary N) is 1. The molecule has 1 fully saturated rings. The highest BCUT2D eigenvalue weighted by Crippen LogP contribution is 2.55. The molecule has 268 valence electrons. The van der Waals surface area contributed by atoms with Gasteiger partial charge in [0.1, 0.15) is 18.1 Å². The number of aryl methyl sites for hydroxylation is 1. The number of aromatic amines is 1. The predicted octanol–water partition coefficient (Wildman–Crippen LogP) is 7.60. The van der Waals surface area contributed by atoms with Crippen LogP contribution in [0.5, 0.6) is 5.75 Å². The third kappa shape index (κ3) is 10.6. The molecule has 3 heterocycles. The summed E-state index contributed by atoms with van der Waals surface area (Å²) in [6.45, 7) is 3.27. The minimum Gasteiger partial charge on any atom is -0.453 e. The van der Waals surface area contributed by atoms with Crippen LogP contribution in [0.4, 0.5) is 14.6 Å². The summed E-state index contributed by atoms with van der Waals surface area (Å²) in [5, 5.41) is 0. The van der Waals surface area contributed by atoms with E-state index in [1.807, 2.05) is 13.0 Å². The molecule has 2 aromatic rings. The number of halogens is 2. The van der Waals surface area contributed by atoms with Gasteiger partial charge < -0.3 is 19.7 Å². The van der Waals surface area contributed by atoms with Crippen molar-refractivity contribution in [2.24, 2.45) is 0 Å². The van der Waals surface area contributed by atoms with Gasteiger partial charge in [0.15, 0.2) is 5.82 Å². The molecule has 14 heteroatoms. The van der Waals surface area contributed by atoms with E-state index < -0.39 is 50.4 Å². The number of hydrogen-bond acceptors (Lipinski definition) is 9. The Morgan fingerprint density at radius 2 is 1.65 bits per heavy atom. The summed E-state index contributed by atoms with van der Waals surface area (Å²) in [6.07, 6.45) is 11.1. The number of alkyl halides is 2. The molecule has 2 aliphatic rings. The van der Waals surface area contributed by atoms with Crippen molar-refractivity contribution in [1.29, 1.82) is 0 Å². The lowest BCUT2D eigenvalue weighted by Gasteiger charge is -2.27. The average molecular weight is 699 g/mol. The number of H-pyrrole nitrogens is 1. The zero-order valence-corrected chi connectivity index (χ0v) is 29.0. The van der Waals surface area contributed by atoms with Gasteiger partial charge in [0.2, 0.25) is 6.10 Å². The van der Waals surface area contributed by atoms with Crippen molar-refractivity contribution in [2.75, 3.05) is 12.3 Å². The van der Waals surface area contributed by atoms with Crippen LogP contribution in [0.3, 0.4) is 0 Å². The summed E-state index contributed by atoms with van der Waals surface area (Å²) in [5.74, 6) is -4.43. The Morgan fingerprint density at radius 3 is 2.27 bits per heavy atom. The number of carbonyl (C=O) groups excluding carboxylic acids is 1. The summed E-state index contributed by atoms with van der Waals surface area (Å²) >= 11 is 0. The van der Waals surface area contributed by atoms with Crippen LogP contribution in [0.25, 0.3) is 0 Å². The monoisotopic (exact) mass is 698 g/mol. The Labute approximate surface area is 281 Å². The van der Waals surface area contributed by atoms with Crippen LogP contribution >= 0.6 is 7.82 Å². The number of nitrogens with zero attached hydrogens (tertiary/aromatic N) is 1. The number of rotatable bonds is 20. The minimum atomic E-state index is -4.23. The van der Waals surface area contributed by atoms with Crippen LogP contribution in [0, 0.1) is 6.92 Å². The van der Waals surface area contributed by atoms with Crippen LogP contribution in [0.15, 0.2) is 35.3 Å². The molecule has 3 N–H and O–H groups in total. The number of benzene rings is 1. The molecule has 0 aliphatic carbocycles. The number of hydrogen-bond donors (Lipinski definition) is 2. The van der Waals surface area contributed by atoms with Crippen LogP contribution in [-0.2, 0) is 34.5 Å². The topological polar surface area (TPSA) is 143 Å². The summed E-state index contributed by atoms with van der Waals surface area (Å²) < 4.78 is 72.8. The maximum atomic E-state index is 15.9. The van der Waals surface area contributed by atoms with Gasteiger partial charge in [0.25, 0.3) is 6.23 Å². The number of phosphoric acid groups is 1. The van der Waals surface area contributed by atoms with E-state index >= 15 is 8.78 Å². The van der Waals surface area contributed by atoms with Gasteiger partial charge >= 0.3 is 25.4 Å². The fourth-order valence-electron chi connectivity index (χ4n) is 6.02. The van der Waals surface area contributed by atoms with Gasteiger partial charge in [-0.2, -0.15) is 23.1 Å². The number of phosphoric ester groups is 1. The standard InChI is InChI=1S/C34H50F2N3O8P/c1-3-4-5-6-7-8-9-10-11-12-13-14-15-16-20-30(40)46-31-28(45-32(34(31,35)36)39-22-21-29(37)38-33(39)41)24-44-48(42)43-23-26-25(2)18-17-19-27(26)47-48/h17-19,21-22,28,31-32H,3-16,20,23-24H2,1-2H3,(H2,37,38,41)/p+1. The smallest absolute Gasteiger partial charge is 0.453 e. The number of aromatic nitrogens is 2. The molecular weight excluding hydrogens is 647 g/mol. The lowest BCUT2D eigenvalue weighted by molar-refractivity contribution is -0.789. The molecule has 0 saturated carbocycles. The Bertz CT molecular complexity index is 1440. The van der Waals surface area contributed by atoms with E-state index in [9.17, 15) is 14.2 Å². The molecule has 0 bridgehead atoms. The summed E-state index contributed by atoms with van der Waals surface area (Å²) in [5.41, 5.74) is 6.18. The average Bonchev–Trinajstić information content (AvgIpc) is 3.28. The molecule has 48 heavy (non-hydrogen) atoms. The molecule has 4 rings (SSSR count). The molecule has 0 radical (unpaired) electrons. The number of nitrogen functional groups attached to an aromatic ring is 1. The molecule has 1 aromatic carbocycles. The van der Waals surface area contributed by atoms with Crippen LogP contribution in [0.1, 0.15) is 121 Å². The lowest BCUT2D eigenvalue weighted by atomic mass is 10.0. The fourth-order valence-corrected chi connectivity index (χ4v) is 7.23. The maximum absolute atomic E-state index is 15.9. The number of nitrogens with two attached hydrogens (primary N) is 1. The highest BCUT2D eigenvalue weighted by atomic mass is 31.2. The normalized spacial score (nSPS) is 23.0. The van der Waals surface area contributed by atoms with Crippen molar-refractivity contribution in [3.63, 3.8) is 0 Å². The van der Waals surface area contributed by atoms with Crippen LogP contribution < -0.4 is 20.5 Å². The van der Waals surface area contributed by atoms with E-state index in [1.54, 1.807) is 12.1 Å². The second-order valence-corrected chi connectivity index (χ2v) is 14.3. The van der Waals surface area contributed by atoms with E-state index in [0.29, 0.717) is 22.3 Å². The lowest BCUT2D eigenvalue weighted by Crippen LogP contribution is -2.60. The first-order valence-corrected chi connectivity index (χ1v) is 18.8. The van der Waals surface area contributed by atoms with Gasteiger partial charge in [0, 0.05) is 18.1 Å². The molecule has 0 spiro atoms. The third-order valence-corrected chi connectivity index (χ3v) is 10.2. The summed E-state index contributed by atoms with van der Waals surface area (Å²) in [4.78, 5) is 27.5. The highest BCUT2D eigenvalue weighted by molar-refractivity contribution is 7.49. The predicted molar refractivity (Wildman–Crippen MR) is 175 cm³/mol. The first kappa shape index (κ1) is 38.0. The molecule has 4 atom stereocenters. The van der Waals surface area contributed by atoms with Gasteiger partial charge in [-0.15, -0.1) is 0 Å². The first-order valence-electron chi connectivity index (χ1n) is 17.3. The Hall–Kier alpha value is -2.86. The number of esters is 1. The van der Waals surface area contributed by atoms with E-state index in [-0.39, 0.29) is 18.8 Å². The van der Waals surface area contributed by atoms with Gasteiger partial charge in [-0.1, -0.05) is 103 Å². The first-order chi connectivity index (χ1) is 23.0. The van der Waals surface area contributed by atoms with Gasteiger partial charge in [-0.25, -0.2) is 4.57 Å². The Balaban J connectivity index is 1.27. The van der Waals surface area contributed by atoms with Crippen molar-refractivity contribution >= 4 is 19.6 Å². The van der Waals surface area contributed by atoms with Gasteiger partial charge in [0.05, 0.1) is 13.2 Å². The van der Waals surface area contributed by atoms with Crippen LogP contribution in [0.2, 0.25) is 0 Å². The van der Waals surface area contributed by atoms with Crippen molar-refractivity contribution < 1.29 is 45.8 Å². The summed E-state index contributed by atoms with van der Waals surface area (Å²) in [6, 6.07) is 6.38. The van der Waals surface area contributed by atoms with E-state index in [1.165, 1.54) is 63.9 Å². The molecule has 0 amide bonds. The molecule has 4 unspecified atom stereocenters. The minimum absolute atomic E-state index is 0.0335. The number of carbonyl (C=O) groups is 1. The molecule has 1 aromatic heterocycles. The Kier molecular flexibility index (Phi) is 14.4. The van der Waals surface area contributed by atoms with E-state index in [2.05, 4.69) is 11.9 Å². The van der Waals surface area contributed by atoms with Crippen molar-refractivity contribution in [2.45, 2.75) is 141 Å². The van der Waals surface area contributed by atoms with Gasteiger partial charge in [-0.3, -0.25) is 13.8 Å². The second kappa shape index (κ2) is 18.2. The van der Waals surface area contributed by atoms with Gasteiger partial charge in [-0.05, 0) is 25.0 Å². The zero-order chi connectivity index (χ0) is 34.6. The summed E-state index contributed by atoms with van der Waals surface area (Å²) in [7, 11) is -4.23. The largest absolute Gasteiger partial charge is 0.530 e. The van der Waals surface area contributed by atoms with Crippen LogP contribution in [-0.4, -0.2) is 35.7 Å². The molecule has 11 nitrogen and oxygen atoms in total. The number of ether oxygens (including phenoxy) is 2. The quantitative estimate of drug-likeness (QED) is 0.0618. The van der Waals surface area contributed by atoms with Crippen molar-refractivity contribution in [3.05, 3.63) is 52.1 Å². The van der Waals surface area contributed by atoms with Crippen molar-refractivity contribution in [1.82, 2.24) is 4.98 Å². The third-order valence-electron chi connectivity index (χ3n) is 8.84. The number of anilines is 1. The second-order valence-electron chi connectivity index (χ2n) is 12.7. The SMILES string of the molecule is CCCCCCCCCCCCCCCCC(=O)OC1C(COP2(=O)OCc3c(C)cccc3O2)OC([n+]2ccc(N)[nH]c2=O)C1(F)F. The molecular formula is C34H51F2N3O8P+. The van der Waals surface area contributed by atoms with E-state index in [4.69, 9.17) is 28.8 Å². The Morgan fingerprint density at radius 1 is 1.02 bits per heavy atom. The van der Waals surface area contributed by atoms with Crippen molar-refractivity contribution in [3.8, 4) is 5.75 Å². The number of unbranched alkanes of at least 4 members (excludes halogenated alkanes) is 13. The van der Waals surface area contributed by atoms with E-state index in [0.717, 1.165) is 37.4 Å². The zero-order valence-electron chi connectivity index (χ0n) is 28.1. The number of fused-ring (bicyclic) bond motifs is 1. The highest BCUT2D eigenvalue weighted by Gasteiger charge is 2.65.